The largest absolute Gasteiger partial charge is 0.351 e. The highest BCUT2D eigenvalue weighted by Gasteiger charge is 2.23. The lowest BCUT2D eigenvalue weighted by atomic mass is 9.86. The lowest BCUT2D eigenvalue weighted by Crippen LogP contribution is -2.43. The van der Waals surface area contributed by atoms with Crippen molar-refractivity contribution in [1.29, 1.82) is 0 Å². The van der Waals surface area contributed by atoms with Crippen molar-refractivity contribution < 1.29 is 9.18 Å². The normalized spacial score (nSPS) is 19.0. The molecule has 3 aromatic rings. The summed E-state index contributed by atoms with van der Waals surface area (Å²) < 4.78 is 16.5. The van der Waals surface area contributed by atoms with Gasteiger partial charge in [0.1, 0.15) is 12.4 Å². The van der Waals surface area contributed by atoms with E-state index >= 15 is 0 Å². The molecule has 0 radical (unpaired) electrons. The molecule has 7 heteroatoms. The Kier molecular flexibility index (Phi) is 5.94. The van der Waals surface area contributed by atoms with Gasteiger partial charge in [0.15, 0.2) is 0 Å². The van der Waals surface area contributed by atoms with Crippen molar-refractivity contribution >= 4 is 16.7 Å². The van der Waals surface area contributed by atoms with Crippen molar-refractivity contribution in [3.63, 3.8) is 0 Å². The zero-order valence-electron chi connectivity index (χ0n) is 18.3. The number of nitrogens with zero attached hydrogens (tertiary/aromatic N) is 3. The molecule has 1 fully saturated rings. The Morgan fingerprint density at radius 2 is 1.87 bits per heavy atom. The second-order valence-electron chi connectivity index (χ2n) is 8.72. The second kappa shape index (κ2) is 8.65. The quantitative estimate of drug-likeness (QED) is 0.679. The molecule has 6 nitrogen and oxygen atoms in total. The first-order chi connectivity index (χ1) is 14.8. The first-order valence-corrected chi connectivity index (χ1v) is 10.9. The van der Waals surface area contributed by atoms with Crippen LogP contribution in [0.15, 0.2) is 35.3 Å². The van der Waals surface area contributed by atoms with E-state index in [1.54, 1.807) is 18.3 Å². The summed E-state index contributed by atoms with van der Waals surface area (Å²) in [6, 6.07) is 6.52. The molecule has 4 rings (SSSR count). The highest BCUT2D eigenvalue weighted by molar-refractivity contribution is 5.87. The van der Waals surface area contributed by atoms with Crippen LogP contribution in [0.3, 0.4) is 0 Å². The molecule has 1 saturated carbocycles. The summed E-state index contributed by atoms with van der Waals surface area (Å²) in [6.07, 6.45) is 6.10. The third-order valence-electron chi connectivity index (χ3n) is 6.61. The molecule has 31 heavy (non-hydrogen) atoms. The molecule has 0 spiro atoms. The number of amides is 1. The minimum Gasteiger partial charge on any atom is -0.351 e. The van der Waals surface area contributed by atoms with Crippen molar-refractivity contribution in [2.24, 2.45) is 5.92 Å². The summed E-state index contributed by atoms with van der Waals surface area (Å²) in [5.41, 5.74) is 2.43. The number of carbonyl (C=O) groups excluding carboxylic acids is 1. The van der Waals surface area contributed by atoms with E-state index in [0.717, 1.165) is 41.6 Å². The summed E-state index contributed by atoms with van der Waals surface area (Å²) >= 11 is 0. The van der Waals surface area contributed by atoms with Crippen LogP contribution in [0.4, 0.5) is 4.39 Å². The number of halogens is 1. The maximum atomic E-state index is 13.2. The summed E-state index contributed by atoms with van der Waals surface area (Å²) in [6.45, 7) is 6.46. The van der Waals surface area contributed by atoms with Crippen molar-refractivity contribution in [1.82, 2.24) is 19.7 Å². The Labute approximate surface area is 181 Å². The molecule has 164 valence electrons. The van der Waals surface area contributed by atoms with E-state index in [1.807, 2.05) is 18.4 Å². The molecular formula is C24H29FN4O2. The lowest BCUT2D eigenvalue weighted by Gasteiger charge is -2.29. The molecule has 0 unspecified atom stereocenters. The molecule has 2 aromatic heterocycles. The number of hydrogen-bond acceptors (Lipinski definition) is 3. The van der Waals surface area contributed by atoms with Crippen LogP contribution < -0.4 is 10.9 Å². The van der Waals surface area contributed by atoms with Crippen LogP contribution in [0, 0.1) is 25.6 Å². The van der Waals surface area contributed by atoms with E-state index in [1.165, 1.54) is 23.2 Å². The first-order valence-electron chi connectivity index (χ1n) is 10.9. The molecule has 1 aromatic carbocycles. The van der Waals surface area contributed by atoms with E-state index in [9.17, 15) is 14.0 Å². The lowest BCUT2D eigenvalue weighted by molar-refractivity contribution is -0.123. The van der Waals surface area contributed by atoms with Crippen LogP contribution in [0.25, 0.3) is 10.8 Å². The first kappa shape index (κ1) is 21.3. The third-order valence-corrected chi connectivity index (χ3v) is 6.61. The molecule has 2 heterocycles. The average Bonchev–Trinajstić information content (AvgIpc) is 2.98. The van der Waals surface area contributed by atoms with Gasteiger partial charge in [0.25, 0.3) is 5.56 Å². The summed E-state index contributed by atoms with van der Waals surface area (Å²) in [5, 5.41) is 8.72. The van der Waals surface area contributed by atoms with E-state index < -0.39 is 0 Å². The molecular weight excluding hydrogens is 395 g/mol. The summed E-state index contributed by atoms with van der Waals surface area (Å²) in [4.78, 5) is 25.8. The summed E-state index contributed by atoms with van der Waals surface area (Å²) in [7, 11) is 0. The number of aromatic nitrogens is 3. The van der Waals surface area contributed by atoms with Gasteiger partial charge in [-0.15, -0.1) is 0 Å². The van der Waals surface area contributed by atoms with Crippen LogP contribution in [0.1, 0.15) is 49.6 Å². The molecule has 0 aliphatic heterocycles. The number of hydrogen-bond donors (Lipinski definition) is 1. The highest BCUT2D eigenvalue weighted by Crippen LogP contribution is 2.24. The van der Waals surface area contributed by atoms with Crippen molar-refractivity contribution in [2.75, 3.05) is 0 Å². The van der Waals surface area contributed by atoms with Crippen LogP contribution in [0.2, 0.25) is 0 Å². The molecule has 0 saturated heterocycles. The molecule has 2 atom stereocenters. The van der Waals surface area contributed by atoms with E-state index in [0.29, 0.717) is 17.8 Å². The number of fused-ring (bicyclic) bond motifs is 1. The molecule has 1 aliphatic rings. The fourth-order valence-electron chi connectivity index (χ4n) is 4.69. The predicted octanol–water partition coefficient (Wildman–Crippen LogP) is 3.70. The zero-order chi connectivity index (χ0) is 22.1. The maximum absolute atomic E-state index is 13.2. The number of carbonyl (C=O) groups is 1. The molecule has 1 N–H and O–H groups in total. The Balaban J connectivity index is 1.59. The van der Waals surface area contributed by atoms with Gasteiger partial charge in [-0.05, 0) is 50.3 Å². The van der Waals surface area contributed by atoms with Gasteiger partial charge < -0.3 is 9.88 Å². The number of aryl methyl sites for hydroxylation is 2. The van der Waals surface area contributed by atoms with Gasteiger partial charge >= 0.3 is 0 Å². The van der Waals surface area contributed by atoms with Gasteiger partial charge in [0.2, 0.25) is 5.91 Å². The van der Waals surface area contributed by atoms with Gasteiger partial charge in [-0.1, -0.05) is 31.9 Å². The minimum absolute atomic E-state index is 0.0837. The molecule has 1 amide bonds. The second-order valence-corrected chi connectivity index (χ2v) is 8.72. The topological polar surface area (TPSA) is 68.9 Å². The van der Waals surface area contributed by atoms with Gasteiger partial charge in [0, 0.05) is 29.4 Å². The van der Waals surface area contributed by atoms with Crippen molar-refractivity contribution in [3.05, 3.63) is 63.6 Å². The third kappa shape index (κ3) is 4.27. The fourth-order valence-corrected chi connectivity index (χ4v) is 4.69. The maximum Gasteiger partial charge on any atom is 0.276 e. The Hall–Kier alpha value is -2.96. The molecule has 0 bridgehead atoms. The van der Waals surface area contributed by atoms with Gasteiger partial charge in [0.05, 0.1) is 11.6 Å². The standard InChI is InChI=1S/C24H29FN4O2/c1-15-6-4-5-7-21(15)27-22(30)14-29-24(31)23-17(3)28(16(2)20(23)12-26-29)13-18-8-10-19(25)11-9-18/h8-12,15,21H,4-7,13-14H2,1-3H3,(H,27,30)/t15-,21+/m1/s1. The van der Waals surface area contributed by atoms with Crippen LogP contribution in [0.5, 0.6) is 0 Å². The zero-order valence-corrected chi connectivity index (χ0v) is 18.3. The fraction of sp³-hybridized carbons (Fsp3) is 0.458. The molecule has 1 aliphatic carbocycles. The smallest absolute Gasteiger partial charge is 0.276 e. The van der Waals surface area contributed by atoms with E-state index in [-0.39, 0.29) is 29.9 Å². The minimum atomic E-state index is -0.275. The Morgan fingerprint density at radius 1 is 1.16 bits per heavy atom. The van der Waals surface area contributed by atoms with Gasteiger partial charge in [-0.3, -0.25) is 9.59 Å². The predicted molar refractivity (Wildman–Crippen MR) is 119 cm³/mol. The number of nitrogens with one attached hydrogen (secondary N) is 1. The number of benzene rings is 1. The monoisotopic (exact) mass is 424 g/mol. The van der Waals surface area contributed by atoms with Crippen LogP contribution in [-0.4, -0.2) is 26.3 Å². The Morgan fingerprint density at radius 3 is 2.58 bits per heavy atom. The van der Waals surface area contributed by atoms with Crippen LogP contribution >= 0.6 is 0 Å². The average molecular weight is 425 g/mol. The van der Waals surface area contributed by atoms with Crippen LogP contribution in [-0.2, 0) is 17.9 Å². The van der Waals surface area contributed by atoms with E-state index in [2.05, 4.69) is 17.3 Å². The van der Waals surface area contributed by atoms with Gasteiger partial charge in [-0.2, -0.15) is 5.10 Å². The number of rotatable bonds is 5. The van der Waals surface area contributed by atoms with Crippen molar-refractivity contribution in [2.45, 2.75) is 65.6 Å². The SMILES string of the molecule is Cc1c2cnn(CC(=O)N[C@H]3CCCC[C@H]3C)c(=O)c2c(C)n1Cc1ccc(F)cc1. The summed E-state index contributed by atoms with van der Waals surface area (Å²) in [5.74, 6) is 0.00548. The van der Waals surface area contributed by atoms with Crippen molar-refractivity contribution in [3.8, 4) is 0 Å². The van der Waals surface area contributed by atoms with Gasteiger partial charge in [-0.25, -0.2) is 9.07 Å². The van der Waals surface area contributed by atoms with E-state index in [4.69, 9.17) is 0 Å². The highest BCUT2D eigenvalue weighted by atomic mass is 19.1. The Bertz CT molecular complexity index is 1160.